The molecule has 7 nitrogen and oxygen atoms in total. The molecule has 0 saturated carbocycles. The molecule has 0 spiro atoms. The molecule has 0 bridgehead atoms. The van der Waals surface area contributed by atoms with E-state index in [0.29, 0.717) is 0 Å². The molecule has 0 heterocycles. The molecule has 2 aromatic carbocycles. The standard InChI is InChI=1S/C25H31N3O4Si/c1-18(29)24(28-26)23(31)16-20(27-19(2)30)17-32-33(25(3,4)5,21-12-8-6-9-13-21)22-14-10-7-11-15-22/h6-15,20H,16-17H2,1-5H3,(H,27,30)/t20-/m0/s1. The van der Waals surface area contributed by atoms with E-state index in [1.807, 2.05) is 36.4 Å². The normalized spacial score (nSPS) is 12.4. The van der Waals surface area contributed by atoms with Gasteiger partial charge < -0.3 is 15.3 Å². The van der Waals surface area contributed by atoms with Gasteiger partial charge in [0, 0.05) is 20.3 Å². The minimum atomic E-state index is -2.88. The van der Waals surface area contributed by atoms with Gasteiger partial charge in [-0.2, -0.15) is 4.79 Å². The van der Waals surface area contributed by atoms with Gasteiger partial charge >= 0.3 is 5.71 Å². The highest BCUT2D eigenvalue weighted by Crippen LogP contribution is 2.36. The van der Waals surface area contributed by atoms with Crippen molar-refractivity contribution in [2.75, 3.05) is 6.61 Å². The van der Waals surface area contributed by atoms with Crippen molar-refractivity contribution in [2.24, 2.45) is 0 Å². The zero-order valence-electron chi connectivity index (χ0n) is 19.8. The molecule has 174 valence electrons. The van der Waals surface area contributed by atoms with E-state index in [9.17, 15) is 14.4 Å². The number of nitrogens with one attached hydrogen (secondary N) is 1. The highest BCUT2D eigenvalue weighted by molar-refractivity contribution is 6.99. The highest BCUT2D eigenvalue weighted by Gasteiger charge is 2.50. The van der Waals surface area contributed by atoms with E-state index in [4.69, 9.17) is 9.96 Å². The average Bonchev–Trinajstić information content (AvgIpc) is 2.74. The molecule has 1 atom stereocenters. The summed E-state index contributed by atoms with van der Waals surface area (Å²) >= 11 is 0. The molecule has 0 aliphatic carbocycles. The van der Waals surface area contributed by atoms with Crippen LogP contribution >= 0.6 is 0 Å². The van der Waals surface area contributed by atoms with Gasteiger partial charge in [0.15, 0.2) is 0 Å². The number of Topliss-reactive ketones (excluding diaryl/α,β-unsaturated/α-hetero) is 2. The lowest BCUT2D eigenvalue weighted by molar-refractivity contribution is -0.124. The van der Waals surface area contributed by atoms with E-state index in [0.717, 1.165) is 17.3 Å². The third kappa shape index (κ3) is 6.19. The van der Waals surface area contributed by atoms with Gasteiger partial charge in [-0.1, -0.05) is 81.4 Å². The van der Waals surface area contributed by atoms with Crippen LogP contribution < -0.4 is 15.7 Å². The van der Waals surface area contributed by atoms with Gasteiger partial charge in [-0.3, -0.25) is 14.4 Å². The van der Waals surface area contributed by atoms with Gasteiger partial charge in [-0.05, 0) is 15.4 Å². The summed E-state index contributed by atoms with van der Waals surface area (Å²) in [6.07, 6.45) is -0.225. The summed E-state index contributed by atoms with van der Waals surface area (Å²) in [5, 5.41) is 4.60. The third-order valence-corrected chi connectivity index (χ3v) is 10.5. The summed E-state index contributed by atoms with van der Waals surface area (Å²) in [6, 6.07) is 19.3. The Morgan fingerprint density at radius 2 is 1.45 bits per heavy atom. The van der Waals surface area contributed by atoms with E-state index in [-0.39, 0.29) is 24.0 Å². The van der Waals surface area contributed by atoms with Crippen LogP contribution in [0.2, 0.25) is 5.04 Å². The van der Waals surface area contributed by atoms with Crippen LogP contribution in [0.5, 0.6) is 0 Å². The van der Waals surface area contributed by atoms with Gasteiger partial charge in [0.05, 0.1) is 12.6 Å². The summed E-state index contributed by atoms with van der Waals surface area (Å²) in [4.78, 5) is 38.9. The Hall–Kier alpha value is -3.19. The van der Waals surface area contributed by atoms with Crippen molar-refractivity contribution < 1.29 is 23.6 Å². The monoisotopic (exact) mass is 465 g/mol. The maximum Gasteiger partial charge on any atom is 0.399 e. The Kier molecular flexibility index (Phi) is 8.76. The minimum Gasteiger partial charge on any atom is -0.405 e. The molecule has 0 aliphatic heterocycles. The van der Waals surface area contributed by atoms with Crippen molar-refractivity contribution in [3.8, 4) is 0 Å². The largest absolute Gasteiger partial charge is 0.405 e. The summed E-state index contributed by atoms with van der Waals surface area (Å²) in [6.45, 7) is 8.94. The quantitative estimate of drug-likeness (QED) is 0.191. The molecule has 33 heavy (non-hydrogen) atoms. The predicted octanol–water partition coefficient (Wildman–Crippen LogP) is 2.29. The molecule has 0 saturated heterocycles. The van der Waals surface area contributed by atoms with Crippen LogP contribution in [0, 0.1) is 0 Å². The topological polar surface area (TPSA) is 109 Å². The van der Waals surface area contributed by atoms with E-state index in [1.54, 1.807) is 0 Å². The Labute approximate surface area is 195 Å². The number of nitrogens with zero attached hydrogens (tertiary/aromatic N) is 2. The van der Waals surface area contributed by atoms with E-state index in [1.165, 1.54) is 6.92 Å². The number of hydrogen-bond acceptors (Lipinski definition) is 4. The SMILES string of the molecule is CC(=O)N[C@H](CO[Si](c1ccccc1)(c1ccccc1)C(C)(C)C)CC(=O)C(=[N+]=[N-])C(C)=O. The van der Waals surface area contributed by atoms with Gasteiger partial charge in [-0.25, -0.2) is 0 Å². The maximum absolute atomic E-state index is 12.6. The lowest BCUT2D eigenvalue weighted by Crippen LogP contribution is -2.67. The van der Waals surface area contributed by atoms with Gasteiger partial charge in [0.1, 0.15) is 0 Å². The lowest BCUT2D eigenvalue weighted by Gasteiger charge is -2.43. The summed E-state index contributed by atoms with van der Waals surface area (Å²) < 4.78 is 6.79. The van der Waals surface area contributed by atoms with E-state index in [2.05, 4.69) is 55.1 Å². The first-order valence-corrected chi connectivity index (χ1v) is 12.7. The van der Waals surface area contributed by atoms with Crippen molar-refractivity contribution in [2.45, 2.75) is 52.1 Å². The van der Waals surface area contributed by atoms with Gasteiger partial charge in [-0.15, -0.1) is 0 Å². The first kappa shape index (κ1) is 26.1. The summed E-state index contributed by atoms with van der Waals surface area (Å²) in [5.74, 6) is -1.63. The third-order valence-electron chi connectivity index (χ3n) is 5.45. The highest BCUT2D eigenvalue weighted by atomic mass is 28.4. The Balaban J connectivity index is 2.50. The molecule has 0 fully saturated rings. The Bertz CT molecular complexity index is 1000. The van der Waals surface area contributed by atoms with Crippen molar-refractivity contribution in [3.63, 3.8) is 0 Å². The molecule has 8 heteroatoms. The van der Waals surface area contributed by atoms with Crippen molar-refractivity contribution in [1.29, 1.82) is 0 Å². The molecular formula is C25H31N3O4Si. The average molecular weight is 466 g/mol. The maximum atomic E-state index is 12.6. The zero-order chi connectivity index (χ0) is 24.6. The molecule has 0 aromatic heterocycles. The Morgan fingerprint density at radius 3 is 1.82 bits per heavy atom. The first-order chi connectivity index (χ1) is 15.5. The number of rotatable bonds is 10. The summed E-state index contributed by atoms with van der Waals surface area (Å²) in [5.41, 5.74) is 8.51. The van der Waals surface area contributed by atoms with Crippen LogP contribution in [-0.2, 0) is 18.8 Å². The van der Waals surface area contributed by atoms with Crippen LogP contribution in [0.15, 0.2) is 60.7 Å². The van der Waals surface area contributed by atoms with Gasteiger partial charge in [0.25, 0.3) is 8.32 Å². The van der Waals surface area contributed by atoms with Crippen LogP contribution in [0.25, 0.3) is 5.53 Å². The zero-order valence-corrected chi connectivity index (χ0v) is 20.8. The van der Waals surface area contributed by atoms with Gasteiger partial charge in [0.2, 0.25) is 17.5 Å². The van der Waals surface area contributed by atoms with Crippen LogP contribution in [0.1, 0.15) is 41.0 Å². The number of amides is 1. The van der Waals surface area contributed by atoms with Crippen LogP contribution in [0.3, 0.4) is 0 Å². The van der Waals surface area contributed by atoms with Crippen molar-refractivity contribution >= 4 is 41.9 Å². The molecular weight excluding hydrogens is 434 g/mol. The number of ketones is 2. The fourth-order valence-electron chi connectivity index (χ4n) is 4.07. The lowest BCUT2D eigenvalue weighted by atomic mass is 10.1. The fourth-order valence-corrected chi connectivity index (χ4v) is 8.68. The second-order valence-corrected chi connectivity index (χ2v) is 13.3. The smallest absolute Gasteiger partial charge is 0.399 e. The number of hydrogen-bond donors (Lipinski definition) is 1. The van der Waals surface area contributed by atoms with Crippen molar-refractivity contribution in [1.82, 2.24) is 5.32 Å². The molecule has 2 aromatic rings. The first-order valence-electron chi connectivity index (χ1n) is 10.8. The van der Waals surface area contributed by atoms with E-state index < -0.39 is 31.6 Å². The number of carbonyl (C=O) groups excluding carboxylic acids is 3. The molecule has 2 rings (SSSR count). The number of benzene rings is 2. The minimum absolute atomic E-state index is 0.0508. The van der Waals surface area contributed by atoms with Crippen molar-refractivity contribution in [3.05, 3.63) is 66.2 Å². The second-order valence-electron chi connectivity index (χ2n) is 9.00. The van der Waals surface area contributed by atoms with Crippen LogP contribution in [0.4, 0.5) is 0 Å². The molecule has 0 aliphatic rings. The predicted molar refractivity (Wildman–Crippen MR) is 130 cm³/mol. The second kappa shape index (κ2) is 11.1. The molecule has 0 unspecified atom stereocenters. The number of carbonyl (C=O) groups is 3. The summed E-state index contributed by atoms with van der Waals surface area (Å²) in [7, 11) is -2.88. The molecule has 1 amide bonds. The van der Waals surface area contributed by atoms with E-state index >= 15 is 0 Å². The molecule has 0 radical (unpaired) electrons. The molecule has 1 N–H and O–H groups in total. The fraction of sp³-hybridized carbons (Fsp3) is 0.360. The Morgan fingerprint density at radius 1 is 0.970 bits per heavy atom. The van der Waals surface area contributed by atoms with Crippen LogP contribution in [-0.4, -0.2) is 48.9 Å².